The summed E-state index contributed by atoms with van der Waals surface area (Å²) in [4.78, 5) is 15.3. The van der Waals surface area contributed by atoms with Crippen molar-refractivity contribution in [2.45, 2.75) is 57.8 Å². The number of morpholine rings is 1. The number of hydrogen-bond donors (Lipinski definition) is 1. The van der Waals surface area contributed by atoms with Crippen LogP contribution >= 0.6 is 0 Å². The largest absolute Gasteiger partial charge is 0.385 e. The Hall–Kier alpha value is -2.47. The molecule has 31 heavy (non-hydrogen) atoms. The van der Waals surface area contributed by atoms with Crippen LogP contribution in [-0.4, -0.2) is 66.1 Å². The number of nitrogens with one attached hydrogen (secondary N) is 1. The van der Waals surface area contributed by atoms with Gasteiger partial charge >= 0.3 is 0 Å². The zero-order valence-electron chi connectivity index (χ0n) is 18.6. The second-order valence-corrected chi connectivity index (χ2v) is 8.45. The summed E-state index contributed by atoms with van der Waals surface area (Å²) in [5.74, 6) is 0.0330. The minimum Gasteiger partial charge on any atom is -0.385 e. The number of rotatable bonds is 8. The SMILES string of the molecule is COCCCn1nc(C)c2c(C#N)cc([C@@H](C)N(C(=O)[C@H]3CNCCO3)C3CC3)cc21. The highest BCUT2D eigenvalue weighted by atomic mass is 16.5. The van der Waals surface area contributed by atoms with Gasteiger partial charge in [-0.1, -0.05) is 0 Å². The van der Waals surface area contributed by atoms with Crippen LogP contribution in [0.3, 0.4) is 0 Å². The number of carbonyl (C=O) groups is 1. The van der Waals surface area contributed by atoms with Gasteiger partial charge in [-0.25, -0.2) is 0 Å². The molecule has 2 aliphatic rings. The lowest BCUT2D eigenvalue weighted by Gasteiger charge is -2.34. The highest BCUT2D eigenvalue weighted by molar-refractivity contribution is 5.89. The molecule has 2 aromatic rings. The summed E-state index contributed by atoms with van der Waals surface area (Å²) in [7, 11) is 1.69. The molecule has 0 unspecified atom stereocenters. The van der Waals surface area contributed by atoms with E-state index in [-0.39, 0.29) is 18.0 Å². The minimum atomic E-state index is -0.446. The Labute approximate surface area is 183 Å². The van der Waals surface area contributed by atoms with Crippen molar-refractivity contribution in [1.82, 2.24) is 20.0 Å². The van der Waals surface area contributed by atoms with Crippen LogP contribution < -0.4 is 5.32 Å². The molecular weight excluding hydrogens is 394 g/mol. The maximum Gasteiger partial charge on any atom is 0.253 e. The molecule has 1 N–H and O–H groups in total. The Balaban J connectivity index is 1.69. The molecule has 166 valence electrons. The van der Waals surface area contributed by atoms with Gasteiger partial charge in [-0.05, 0) is 50.8 Å². The van der Waals surface area contributed by atoms with E-state index in [1.165, 1.54) is 0 Å². The molecule has 1 saturated heterocycles. The number of benzene rings is 1. The summed E-state index contributed by atoms with van der Waals surface area (Å²) in [5, 5.41) is 18.7. The van der Waals surface area contributed by atoms with Gasteiger partial charge in [0, 0.05) is 44.8 Å². The van der Waals surface area contributed by atoms with Gasteiger partial charge < -0.3 is 19.7 Å². The summed E-state index contributed by atoms with van der Waals surface area (Å²) in [6.45, 7) is 7.22. The number of carbonyl (C=O) groups excluding carboxylic acids is 1. The van der Waals surface area contributed by atoms with E-state index in [1.54, 1.807) is 7.11 Å². The molecule has 0 spiro atoms. The van der Waals surface area contributed by atoms with Crippen LogP contribution in [0, 0.1) is 18.3 Å². The van der Waals surface area contributed by atoms with Gasteiger partial charge in [0.1, 0.15) is 6.10 Å². The summed E-state index contributed by atoms with van der Waals surface area (Å²) >= 11 is 0. The van der Waals surface area contributed by atoms with Crippen LogP contribution in [0.5, 0.6) is 0 Å². The van der Waals surface area contributed by atoms with E-state index in [4.69, 9.17) is 9.47 Å². The zero-order valence-corrected chi connectivity index (χ0v) is 18.6. The van der Waals surface area contributed by atoms with Gasteiger partial charge in [-0.2, -0.15) is 10.4 Å². The van der Waals surface area contributed by atoms with Gasteiger partial charge in [0.2, 0.25) is 0 Å². The van der Waals surface area contributed by atoms with E-state index < -0.39 is 6.10 Å². The second-order valence-electron chi connectivity index (χ2n) is 8.45. The standard InChI is InChI=1S/C23H31N5O3/c1-15-22-18(13-24)11-17(12-20(22)27(26-15)8-4-9-30-3)16(2)28(19-5-6-19)23(29)21-14-25-7-10-31-21/h11-12,16,19,21,25H,4-10,14H2,1-3H3/t16-,21-/m1/s1. The third-order valence-electron chi connectivity index (χ3n) is 6.19. The third-order valence-corrected chi connectivity index (χ3v) is 6.19. The lowest BCUT2D eigenvalue weighted by atomic mass is 9.99. The predicted molar refractivity (Wildman–Crippen MR) is 117 cm³/mol. The molecule has 2 atom stereocenters. The Morgan fingerprint density at radius 2 is 2.29 bits per heavy atom. The fourth-order valence-electron chi connectivity index (χ4n) is 4.47. The lowest BCUT2D eigenvalue weighted by molar-refractivity contribution is -0.148. The van der Waals surface area contributed by atoms with E-state index in [0.717, 1.165) is 48.0 Å². The van der Waals surface area contributed by atoms with Crippen molar-refractivity contribution in [3.8, 4) is 6.07 Å². The molecular formula is C23H31N5O3. The number of aryl methyl sites for hydroxylation is 2. The lowest BCUT2D eigenvalue weighted by Crippen LogP contribution is -2.50. The minimum absolute atomic E-state index is 0.0330. The van der Waals surface area contributed by atoms with Crippen molar-refractivity contribution in [2.75, 3.05) is 33.4 Å². The number of aromatic nitrogens is 2. The van der Waals surface area contributed by atoms with Crippen molar-refractivity contribution in [1.29, 1.82) is 5.26 Å². The van der Waals surface area contributed by atoms with Crippen molar-refractivity contribution in [3.05, 3.63) is 29.0 Å². The van der Waals surface area contributed by atoms with Crippen molar-refractivity contribution >= 4 is 16.8 Å². The smallest absolute Gasteiger partial charge is 0.253 e. The Morgan fingerprint density at radius 1 is 1.48 bits per heavy atom. The quantitative estimate of drug-likeness (QED) is 0.653. The van der Waals surface area contributed by atoms with Crippen LogP contribution in [0.4, 0.5) is 0 Å². The van der Waals surface area contributed by atoms with Crippen LogP contribution in [0.2, 0.25) is 0 Å². The van der Waals surface area contributed by atoms with Gasteiger partial charge in [0.15, 0.2) is 0 Å². The number of fused-ring (bicyclic) bond motifs is 1. The van der Waals surface area contributed by atoms with Crippen molar-refractivity contribution < 1.29 is 14.3 Å². The first-order chi connectivity index (χ1) is 15.0. The normalized spacial score (nSPS) is 19.9. The summed E-state index contributed by atoms with van der Waals surface area (Å²) in [5.41, 5.74) is 3.35. The van der Waals surface area contributed by atoms with Crippen LogP contribution in [0.1, 0.15) is 49.0 Å². The average Bonchev–Trinajstić information content (AvgIpc) is 3.57. The van der Waals surface area contributed by atoms with E-state index in [0.29, 0.717) is 31.9 Å². The molecule has 0 radical (unpaired) electrons. The van der Waals surface area contributed by atoms with Crippen LogP contribution in [-0.2, 0) is 20.8 Å². The molecule has 1 saturated carbocycles. The maximum atomic E-state index is 13.3. The fourth-order valence-corrected chi connectivity index (χ4v) is 4.47. The topological polar surface area (TPSA) is 92.4 Å². The number of methoxy groups -OCH3 is 1. The summed E-state index contributed by atoms with van der Waals surface area (Å²) in [6, 6.07) is 6.45. The molecule has 2 heterocycles. The summed E-state index contributed by atoms with van der Waals surface area (Å²) in [6.07, 6.45) is 2.42. The van der Waals surface area contributed by atoms with E-state index in [2.05, 4.69) is 22.6 Å². The van der Waals surface area contributed by atoms with Crippen LogP contribution in [0.25, 0.3) is 10.9 Å². The van der Waals surface area contributed by atoms with Gasteiger partial charge in [-0.15, -0.1) is 0 Å². The van der Waals surface area contributed by atoms with Gasteiger partial charge in [0.25, 0.3) is 5.91 Å². The first kappa shape index (κ1) is 21.8. The molecule has 1 aliphatic carbocycles. The van der Waals surface area contributed by atoms with Crippen LogP contribution in [0.15, 0.2) is 12.1 Å². The number of amides is 1. The first-order valence-corrected chi connectivity index (χ1v) is 11.1. The molecule has 1 aromatic heterocycles. The third kappa shape index (κ3) is 4.45. The first-order valence-electron chi connectivity index (χ1n) is 11.1. The van der Waals surface area contributed by atoms with E-state index in [1.807, 2.05) is 29.5 Å². The monoisotopic (exact) mass is 425 g/mol. The highest BCUT2D eigenvalue weighted by Crippen LogP contribution is 2.37. The van der Waals surface area contributed by atoms with Gasteiger partial charge in [-0.3, -0.25) is 9.48 Å². The zero-order chi connectivity index (χ0) is 22.0. The number of ether oxygens (including phenoxy) is 2. The van der Waals surface area contributed by atoms with E-state index in [9.17, 15) is 10.1 Å². The average molecular weight is 426 g/mol. The Morgan fingerprint density at radius 3 is 2.94 bits per heavy atom. The number of nitrogens with zero attached hydrogens (tertiary/aromatic N) is 4. The Bertz CT molecular complexity index is 985. The number of hydrogen-bond acceptors (Lipinski definition) is 6. The molecule has 4 rings (SSSR count). The molecule has 1 aromatic carbocycles. The second kappa shape index (κ2) is 9.35. The fraction of sp³-hybridized carbons (Fsp3) is 0.609. The number of nitriles is 1. The van der Waals surface area contributed by atoms with Crippen molar-refractivity contribution in [2.24, 2.45) is 0 Å². The van der Waals surface area contributed by atoms with E-state index >= 15 is 0 Å². The molecule has 1 amide bonds. The molecule has 0 bridgehead atoms. The highest BCUT2D eigenvalue weighted by Gasteiger charge is 2.40. The molecule has 8 heteroatoms. The molecule has 2 fully saturated rings. The molecule has 8 nitrogen and oxygen atoms in total. The molecule has 1 aliphatic heterocycles. The van der Waals surface area contributed by atoms with Crippen molar-refractivity contribution in [3.63, 3.8) is 0 Å². The Kier molecular flexibility index (Phi) is 6.56. The predicted octanol–water partition coefficient (Wildman–Crippen LogP) is 2.29. The summed E-state index contributed by atoms with van der Waals surface area (Å²) < 4.78 is 12.9. The maximum absolute atomic E-state index is 13.3. The van der Waals surface area contributed by atoms with Gasteiger partial charge in [0.05, 0.1) is 35.5 Å².